The normalized spacial score (nSPS) is 13.9. The van der Waals surface area contributed by atoms with Crippen LogP contribution in [0, 0.1) is 18.8 Å². The SMILES string of the molecule is C#C.CC(C)C.NCc1ccc2c(c1)OC(F)(F)O2. The van der Waals surface area contributed by atoms with E-state index in [4.69, 9.17) is 5.73 Å². The Balaban J connectivity index is 0.000000467. The molecule has 1 aliphatic rings. The first-order valence-corrected chi connectivity index (χ1v) is 5.76. The molecule has 0 aliphatic carbocycles. The van der Waals surface area contributed by atoms with E-state index in [2.05, 4.69) is 43.1 Å². The topological polar surface area (TPSA) is 44.5 Å². The summed E-state index contributed by atoms with van der Waals surface area (Å²) in [6.45, 7) is 6.78. The molecule has 0 amide bonds. The van der Waals surface area contributed by atoms with Crippen LogP contribution in [-0.2, 0) is 6.54 Å². The fraction of sp³-hybridized carbons (Fsp3) is 0.429. The van der Waals surface area contributed by atoms with Crippen LogP contribution in [0.5, 0.6) is 11.5 Å². The first kappa shape index (κ1) is 17.2. The Hall–Kier alpha value is -1.80. The Labute approximate surface area is 112 Å². The van der Waals surface area contributed by atoms with E-state index >= 15 is 0 Å². The second-order valence-corrected chi connectivity index (χ2v) is 4.38. The van der Waals surface area contributed by atoms with E-state index in [0.717, 1.165) is 11.5 Å². The summed E-state index contributed by atoms with van der Waals surface area (Å²) in [4.78, 5) is 0. The van der Waals surface area contributed by atoms with Crippen molar-refractivity contribution < 1.29 is 18.3 Å². The van der Waals surface area contributed by atoms with E-state index in [-0.39, 0.29) is 18.0 Å². The van der Waals surface area contributed by atoms with Gasteiger partial charge in [0.1, 0.15) is 0 Å². The van der Waals surface area contributed by atoms with Crippen LogP contribution in [0.3, 0.4) is 0 Å². The maximum atomic E-state index is 12.5. The summed E-state index contributed by atoms with van der Waals surface area (Å²) in [6.07, 6.45) is 4.45. The molecule has 5 heteroatoms. The van der Waals surface area contributed by atoms with Crippen molar-refractivity contribution in [3.05, 3.63) is 23.8 Å². The molecule has 0 saturated carbocycles. The minimum atomic E-state index is -3.55. The van der Waals surface area contributed by atoms with Crippen molar-refractivity contribution >= 4 is 0 Å². The van der Waals surface area contributed by atoms with Gasteiger partial charge in [-0.05, 0) is 23.6 Å². The average Bonchev–Trinajstić information content (AvgIpc) is 2.63. The molecule has 0 bridgehead atoms. The van der Waals surface area contributed by atoms with Crippen molar-refractivity contribution in [1.29, 1.82) is 0 Å². The van der Waals surface area contributed by atoms with Gasteiger partial charge in [0.2, 0.25) is 0 Å². The average molecular weight is 271 g/mol. The number of fused-ring (bicyclic) bond motifs is 1. The lowest BCUT2D eigenvalue weighted by Crippen LogP contribution is -2.25. The summed E-state index contributed by atoms with van der Waals surface area (Å²) >= 11 is 0. The lowest BCUT2D eigenvalue weighted by atomic mass is 10.2. The highest BCUT2D eigenvalue weighted by atomic mass is 19.3. The highest BCUT2D eigenvalue weighted by molar-refractivity contribution is 5.45. The Morgan fingerprint density at radius 2 is 1.63 bits per heavy atom. The van der Waals surface area contributed by atoms with Crippen molar-refractivity contribution in [3.8, 4) is 24.3 Å². The molecule has 2 rings (SSSR count). The smallest absolute Gasteiger partial charge is 0.395 e. The molecular weight excluding hydrogens is 252 g/mol. The maximum absolute atomic E-state index is 12.5. The predicted molar refractivity (Wildman–Crippen MR) is 70.9 cm³/mol. The van der Waals surface area contributed by atoms with Gasteiger partial charge in [-0.25, -0.2) is 0 Å². The van der Waals surface area contributed by atoms with Crippen molar-refractivity contribution in [2.75, 3.05) is 0 Å². The minimum absolute atomic E-state index is 0.0351. The summed E-state index contributed by atoms with van der Waals surface area (Å²) in [7, 11) is 0. The van der Waals surface area contributed by atoms with E-state index in [1.54, 1.807) is 6.07 Å². The van der Waals surface area contributed by atoms with E-state index in [1.807, 2.05) is 0 Å². The number of hydrogen-bond acceptors (Lipinski definition) is 3. The molecule has 0 atom stereocenters. The monoisotopic (exact) mass is 271 g/mol. The molecule has 106 valence electrons. The van der Waals surface area contributed by atoms with Crippen molar-refractivity contribution in [3.63, 3.8) is 0 Å². The van der Waals surface area contributed by atoms with Gasteiger partial charge in [0.25, 0.3) is 0 Å². The van der Waals surface area contributed by atoms with Gasteiger partial charge in [-0.3, -0.25) is 0 Å². The molecule has 19 heavy (non-hydrogen) atoms. The molecule has 0 radical (unpaired) electrons. The predicted octanol–water partition coefficient (Wildman–Crippen LogP) is 3.38. The van der Waals surface area contributed by atoms with Gasteiger partial charge in [0.05, 0.1) is 0 Å². The van der Waals surface area contributed by atoms with Crippen LogP contribution in [0.1, 0.15) is 26.3 Å². The number of ether oxygens (including phenoxy) is 2. The zero-order valence-electron chi connectivity index (χ0n) is 11.3. The molecule has 1 aromatic rings. The number of nitrogens with two attached hydrogens (primary N) is 1. The van der Waals surface area contributed by atoms with E-state index < -0.39 is 6.29 Å². The lowest BCUT2D eigenvalue weighted by molar-refractivity contribution is -0.286. The molecule has 1 heterocycles. The summed E-state index contributed by atoms with van der Waals surface area (Å²) in [6, 6.07) is 4.47. The first-order chi connectivity index (χ1) is 8.84. The summed E-state index contributed by atoms with van der Waals surface area (Å²) in [5.41, 5.74) is 6.05. The maximum Gasteiger partial charge on any atom is 0.586 e. The van der Waals surface area contributed by atoms with Crippen LogP contribution in [0.15, 0.2) is 18.2 Å². The Morgan fingerprint density at radius 3 is 2.11 bits per heavy atom. The largest absolute Gasteiger partial charge is 0.586 e. The minimum Gasteiger partial charge on any atom is -0.395 e. The highest BCUT2D eigenvalue weighted by Gasteiger charge is 2.43. The molecule has 0 saturated heterocycles. The van der Waals surface area contributed by atoms with Gasteiger partial charge in [0.15, 0.2) is 11.5 Å². The number of benzene rings is 1. The molecule has 3 nitrogen and oxygen atoms in total. The van der Waals surface area contributed by atoms with Gasteiger partial charge in [0, 0.05) is 6.54 Å². The molecule has 0 unspecified atom stereocenters. The van der Waals surface area contributed by atoms with Crippen LogP contribution in [-0.4, -0.2) is 6.29 Å². The summed E-state index contributed by atoms with van der Waals surface area (Å²) in [5, 5.41) is 0. The number of hydrogen-bond donors (Lipinski definition) is 1. The molecular formula is C14H19F2NO2. The lowest BCUT2D eigenvalue weighted by Gasteiger charge is -2.04. The van der Waals surface area contributed by atoms with Gasteiger partial charge < -0.3 is 15.2 Å². The fourth-order valence-electron chi connectivity index (χ4n) is 1.12. The van der Waals surface area contributed by atoms with Crippen LogP contribution in [0.4, 0.5) is 8.78 Å². The van der Waals surface area contributed by atoms with Gasteiger partial charge >= 0.3 is 6.29 Å². The van der Waals surface area contributed by atoms with Crippen molar-refractivity contribution in [2.24, 2.45) is 11.7 Å². The third kappa shape index (κ3) is 6.07. The number of rotatable bonds is 1. The number of alkyl halides is 2. The second-order valence-electron chi connectivity index (χ2n) is 4.38. The molecule has 0 fully saturated rings. The van der Waals surface area contributed by atoms with Crippen LogP contribution in [0.25, 0.3) is 0 Å². The number of halogens is 2. The van der Waals surface area contributed by atoms with Gasteiger partial charge in [-0.1, -0.05) is 26.8 Å². The van der Waals surface area contributed by atoms with E-state index in [1.165, 1.54) is 12.1 Å². The summed E-state index contributed by atoms with van der Waals surface area (Å²) in [5.74, 6) is 0.912. The molecule has 1 aromatic carbocycles. The van der Waals surface area contributed by atoms with Crippen molar-refractivity contribution in [2.45, 2.75) is 33.6 Å². The Kier molecular flexibility index (Phi) is 6.87. The zero-order valence-corrected chi connectivity index (χ0v) is 11.3. The highest BCUT2D eigenvalue weighted by Crippen LogP contribution is 2.40. The van der Waals surface area contributed by atoms with Crippen molar-refractivity contribution in [1.82, 2.24) is 0 Å². The fourth-order valence-corrected chi connectivity index (χ4v) is 1.12. The molecule has 1 aliphatic heterocycles. The van der Waals surface area contributed by atoms with Crippen LogP contribution in [0.2, 0.25) is 0 Å². The van der Waals surface area contributed by atoms with Crippen LogP contribution >= 0.6 is 0 Å². The van der Waals surface area contributed by atoms with E-state index in [9.17, 15) is 8.78 Å². The van der Waals surface area contributed by atoms with E-state index in [0.29, 0.717) is 0 Å². The van der Waals surface area contributed by atoms with Gasteiger partial charge in [-0.15, -0.1) is 21.6 Å². The standard InChI is InChI=1S/C8H7F2NO2.C4H10.C2H2/c9-8(10)12-6-2-1-5(4-11)3-7(6)13-8;1-4(2)3;1-2/h1-3H,4,11H2;4H,1-3H3;1-2H. The third-order valence-electron chi connectivity index (χ3n) is 1.70. The second kappa shape index (κ2) is 7.59. The molecule has 2 N–H and O–H groups in total. The number of terminal acetylenes is 1. The summed E-state index contributed by atoms with van der Waals surface area (Å²) < 4.78 is 33.4. The van der Waals surface area contributed by atoms with Crippen LogP contribution < -0.4 is 15.2 Å². The Morgan fingerprint density at radius 1 is 1.16 bits per heavy atom. The molecule has 0 aromatic heterocycles. The quantitative estimate of drug-likeness (QED) is 0.796. The molecule has 0 spiro atoms. The zero-order chi connectivity index (χ0) is 15.1. The Bertz CT molecular complexity index is 414. The first-order valence-electron chi connectivity index (χ1n) is 5.76. The third-order valence-corrected chi connectivity index (χ3v) is 1.70. The van der Waals surface area contributed by atoms with Gasteiger partial charge in [-0.2, -0.15) is 0 Å².